The smallest absolute Gasteiger partial charge is 0.410 e. The maximum atomic E-state index is 14.7. The van der Waals surface area contributed by atoms with Crippen LogP contribution in [0.3, 0.4) is 0 Å². The van der Waals surface area contributed by atoms with Gasteiger partial charge in [-0.05, 0) is 79.5 Å². The molecule has 0 spiro atoms. The molecule has 1 heterocycles. The second kappa shape index (κ2) is 32.8. The van der Waals surface area contributed by atoms with E-state index in [2.05, 4.69) is 26.6 Å². The molecule has 0 saturated carbocycles. The quantitative estimate of drug-likeness (QED) is 0.0485. The maximum Gasteiger partial charge on any atom is 0.410 e. The second-order valence-corrected chi connectivity index (χ2v) is 22.3. The zero-order chi connectivity index (χ0) is 60.1. The Morgan fingerprint density at radius 2 is 1.41 bits per heavy atom. The Morgan fingerprint density at radius 1 is 0.775 bits per heavy atom. The molecule has 80 heavy (non-hydrogen) atoms. The van der Waals surface area contributed by atoms with Gasteiger partial charge in [0.25, 0.3) is 0 Å². The van der Waals surface area contributed by atoms with Crippen molar-refractivity contribution < 1.29 is 57.7 Å². The average molecular weight is 1120 g/mol. The van der Waals surface area contributed by atoms with E-state index in [4.69, 9.17) is 25.7 Å². The van der Waals surface area contributed by atoms with Crippen LogP contribution >= 0.6 is 0 Å². The number of nitrogens with two attached hydrogens (primary N) is 2. The normalized spacial score (nSPS) is 17.6. The van der Waals surface area contributed by atoms with Crippen LogP contribution in [0, 0.1) is 29.6 Å². The van der Waals surface area contributed by atoms with Gasteiger partial charge in [-0.25, -0.2) is 9.59 Å². The number of aliphatic hydroxyl groups excluding tert-OH is 1. The molecule has 1 aliphatic rings. The Balaban J connectivity index is 1.70. The van der Waals surface area contributed by atoms with Crippen LogP contribution in [0.2, 0.25) is 0 Å². The number of likely N-dealkylation sites (tertiary alicyclic amines) is 1. The number of hydrogen-bond acceptors (Lipinski definition) is 13. The monoisotopic (exact) mass is 1120 g/mol. The van der Waals surface area contributed by atoms with Crippen LogP contribution in [-0.2, 0) is 49.6 Å². The number of hydrogen-bond donors (Lipinski definition) is 8. The standard InChI is InChI=1S/C58H94N10O12/c1-15-36(8)49(44(78-13)31-45(69)68-30-20-24-43(68)51(79-14)37(9)52(71)62-38(10)50(70)40-21-17-16-18-22-40)66(11)56(75)47(34(4)5)65-55(74)48(35(6)7)67(12)58(77)80-32-39-25-27-41(28-26-39)63-53(72)42(23-19-29-61-57(60)76)64-54(73)46(59)33(2)3/h16-18,21-22,25-28,33-38,42-44,46-51,70H,15,19-20,23-24,29-32,59H2,1-14H3,(H,62,71)(H,63,72)(H,64,73)(H,65,74)(H3,60,61,76)/t36-,37+,38+,42?,43-,44+,46?,47-,48-,49-,50+,51+/m0/s1. The van der Waals surface area contributed by atoms with Crippen LogP contribution in [0.1, 0.15) is 125 Å². The second-order valence-electron chi connectivity index (χ2n) is 22.3. The molecule has 1 fully saturated rings. The molecule has 1 saturated heterocycles. The predicted octanol–water partition coefficient (Wildman–Crippen LogP) is 4.43. The number of nitrogens with zero attached hydrogens (tertiary/aromatic N) is 3. The van der Waals surface area contributed by atoms with Gasteiger partial charge in [0.2, 0.25) is 35.4 Å². The van der Waals surface area contributed by atoms with Crippen LogP contribution in [-0.4, -0.2) is 163 Å². The third-order valence-corrected chi connectivity index (χ3v) is 15.3. The molecular weight excluding hydrogens is 1030 g/mol. The minimum atomic E-state index is -1.05. The number of carbonyl (C=O) groups is 8. The number of nitrogens with one attached hydrogen (secondary N) is 5. The van der Waals surface area contributed by atoms with E-state index in [-0.39, 0.29) is 49.6 Å². The molecule has 2 unspecified atom stereocenters. The number of likely N-dealkylation sites (N-methyl/N-ethyl adjacent to an activating group) is 2. The van der Waals surface area contributed by atoms with E-state index in [0.717, 1.165) is 0 Å². The summed E-state index contributed by atoms with van der Waals surface area (Å²) < 4.78 is 17.7. The fourth-order valence-electron chi connectivity index (χ4n) is 10.2. The van der Waals surface area contributed by atoms with Gasteiger partial charge in [0, 0.05) is 47.1 Å². The van der Waals surface area contributed by atoms with Crippen molar-refractivity contribution in [2.24, 2.45) is 41.1 Å². The lowest BCUT2D eigenvalue weighted by molar-refractivity contribution is -0.148. The van der Waals surface area contributed by atoms with Crippen molar-refractivity contribution in [1.82, 2.24) is 36.0 Å². The number of urea groups is 1. The van der Waals surface area contributed by atoms with E-state index in [1.807, 2.05) is 45.9 Å². The Bertz CT molecular complexity index is 2320. The topological polar surface area (TPSA) is 306 Å². The van der Waals surface area contributed by atoms with Crippen molar-refractivity contribution in [3.63, 3.8) is 0 Å². The lowest BCUT2D eigenvalue weighted by Crippen LogP contribution is -2.60. The first-order valence-corrected chi connectivity index (χ1v) is 28.0. The van der Waals surface area contributed by atoms with Crippen LogP contribution in [0.25, 0.3) is 0 Å². The van der Waals surface area contributed by atoms with Gasteiger partial charge < -0.3 is 67.2 Å². The molecule has 448 valence electrons. The summed E-state index contributed by atoms with van der Waals surface area (Å²) in [5.74, 6) is -4.32. The number of ether oxygens (including phenoxy) is 3. The van der Waals surface area contributed by atoms with Crippen molar-refractivity contribution in [1.29, 1.82) is 0 Å². The van der Waals surface area contributed by atoms with Gasteiger partial charge >= 0.3 is 12.1 Å². The van der Waals surface area contributed by atoms with E-state index < -0.39 is 114 Å². The molecule has 0 aliphatic carbocycles. The van der Waals surface area contributed by atoms with Crippen molar-refractivity contribution in [3.8, 4) is 0 Å². The lowest BCUT2D eigenvalue weighted by Gasteiger charge is -2.41. The highest BCUT2D eigenvalue weighted by atomic mass is 16.6. The van der Waals surface area contributed by atoms with Crippen LogP contribution in [0.5, 0.6) is 0 Å². The van der Waals surface area contributed by atoms with Crippen molar-refractivity contribution >= 4 is 53.3 Å². The molecule has 9 amide bonds. The van der Waals surface area contributed by atoms with E-state index >= 15 is 0 Å². The van der Waals surface area contributed by atoms with Crippen molar-refractivity contribution in [2.75, 3.05) is 46.7 Å². The highest BCUT2D eigenvalue weighted by Gasteiger charge is 2.44. The fourth-order valence-corrected chi connectivity index (χ4v) is 10.2. The fraction of sp³-hybridized carbons (Fsp3) is 0.655. The van der Waals surface area contributed by atoms with E-state index in [1.54, 1.807) is 94.8 Å². The molecule has 12 atom stereocenters. The molecule has 0 bridgehead atoms. The number of primary amides is 1. The molecule has 0 aromatic heterocycles. The first-order chi connectivity index (χ1) is 37.7. The minimum Gasteiger partial charge on any atom is -0.445 e. The zero-order valence-corrected chi connectivity index (χ0v) is 49.7. The van der Waals surface area contributed by atoms with Gasteiger partial charge in [0.1, 0.15) is 24.7 Å². The third-order valence-electron chi connectivity index (χ3n) is 15.3. The zero-order valence-electron chi connectivity index (χ0n) is 49.7. The summed E-state index contributed by atoms with van der Waals surface area (Å²) in [4.78, 5) is 112. The Morgan fingerprint density at radius 3 is 1.96 bits per heavy atom. The van der Waals surface area contributed by atoms with Gasteiger partial charge in [-0.2, -0.15) is 0 Å². The van der Waals surface area contributed by atoms with Crippen molar-refractivity contribution in [2.45, 2.75) is 175 Å². The van der Waals surface area contributed by atoms with Crippen LogP contribution in [0.4, 0.5) is 15.3 Å². The summed E-state index contributed by atoms with van der Waals surface area (Å²) in [5.41, 5.74) is 12.8. The molecule has 10 N–H and O–H groups in total. The number of anilines is 1. The Hall–Kier alpha value is -6.36. The summed E-state index contributed by atoms with van der Waals surface area (Å²) in [6.07, 6.45) is -0.736. The number of rotatable bonds is 31. The molecule has 2 aromatic carbocycles. The Labute approximate surface area is 473 Å². The predicted molar refractivity (Wildman–Crippen MR) is 305 cm³/mol. The summed E-state index contributed by atoms with van der Waals surface area (Å²) >= 11 is 0. The van der Waals surface area contributed by atoms with Gasteiger partial charge in [-0.1, -0.05) is 111 Å². The van der Waals surface area contributed by atoms with Crippen molar-refractivity contribution in [3.05, 3.63) is 65.7 Å². The highest BCUT2D eigenvalue weighted by molar-refractivity contribution is 5.98. The molecular formula is C58H94N10O12. The SMILES string of the molecule is CC[C@H](C)[C@@H]([C@@H](CC(=O)N1CCC[C@H]1[C@H](OC)[C@@H](C)C(=O)N[C@H](C)[C@@H](O)c1ccccc1)OC)N(C)C(=O)[C@@H](NC(=O)[C@H](C(C)C)N(C)C(=O)OCc1ccc(NC(=O)C(CCCNC(N)=O)NC(=O)C(N)C(C)C)cc1)C(C)C. The number of carbonyl (C=O) groups excluding carboxylic acids is 8. The van der Waals surface area contributed by atoms with Gasteiger partial charge in [0.05, 0.1) is 54.8 Å². The molecule has 1 aliphatic heterocycles. The summed E-state index contributed by atoms with van der Waals surface area (Å²) in [6.45, 7) is 18.7. The van der Waals surface area contributed by atoms with Gasteiger partial charge in [-0.3, -0.25) is 33.7 Å². The van der Waals surface area contributed by atoms with E-state index in [9.17, 15) is 43.5 Å². The number of methoxy groups -OCH3 is 2. The third kappa shape index (κ3) is 19.4. The van der Waals surface area contributed by atoms with Crippen LogP contribution < -0.4 is 38.1 Å². The number of aliphatic hydroxyl groups is 1. The lowest BCUT2D eigenvalue weighted by atomic mass is 9.89. The summed E-state index contributed by atoms with van der Waals surface area (Å²) in [6, 6.07) is 9.37. The molecule has 22 nitrogen and oxygen atoms in total. The molecule has 22 heteroatoms. The largest absolute Gasteiger partial charge is 0.445 e. The van der Waals surface area contributed by atoms with Gasteiger partial charge in [-0.15, -0.1) is 0 Å². The molecule has 3 rings (SSSR count). The molecule has 2 aromatic rings. The van der Waals surface area contributed by atoms with Crippen LogP contribution in [0.15, 0.2) is 54.6 Å². The number of amides is 9. The maximum absolute atomic E-state index is 14.7. The Kier molecular flexibility index (Phi) is 27.8. The van der Waals surface area contributed by atoms with Gasteiger partial charge in [0.15, 0.2) is 0 Å². The first-order valence-electron chi connectivity index (χ1n) is 28.0. The highest BCUT2D eigenvalue weighted by Crippen LogP contribution is 2.30. The first kappa shape index (κ1) is 67.9. The average Bonchev–Trinajstić information content (AvgIpc) is 3.91. The minimum absolute atomic E-state index is 0.0747. The summed E-state index contributed by atoms with van der Waals surface area (Å²) in [5, 5.41) is 24.8. The molecule has 0 radical (unpaired) electrons. The number of benzene rings is 2. The van der Waals surface area contributed by atoms with E-state index in [0.29, 0.717) is 49.0 Å². The van der Waals surface area contributed by atoms with E-state index in [1.165, 1.54) is 26.2 Å². The summed E-state index contributed by atoms with van der Waals surface area (Å²) in [7, 11) is 6.12.